The summed E-state index contributed by atoms with van der Waals surface area (Å²) in [6.45, 7) is 0.419. The number of hydrogen-bond donors (Lipinski definition) is 1. The zero-order valence-corrected chi connectivity index (χ0v) is 19.4. The molecule has 176 valence electrons. The summed E-state index contributed by atoms with van der Waals surface area (Å²) in [4.78, 5) is 12.7. The summed E-state index contributed by atoms with van der Waals surface area (Å²) in [6.07, 6.45) is -1.36. The van der Waals surface area contributed by atoms with Crippen LogP contribution in [-0.4, -0.2) is 10.5 Å². The molecule has 35 heavy (non-hydrogen) atoms. The van der Waals surface area contributed by atoms with Gasteiger partial charge in [-0.15, -0.1) is 0 Å². The third kappa shape index (κ3) is 5.51. The molecule has 0 spiro atoms. The van der Waals surface area contributed by atoms with Crippen molar-refractivity contribution >= 4 is 51.8 Å². The number of benzene rings is 3. The van der Waals surface area contributed by atoms with Crippen LogP contribution in [0.25, 0.3) is 17.0 Å². The van der Waals surface area contributed by atoms with Gasteiger partial charge in [-0.25, -0.2) is 0 Å². The standard InChI is InChI=1S/C26H16Cl2F3N3O/c27-20-9-8-16(23(28)12-20)14-34-15-18(22-6-1-2-7-24(22)34)10-17(13-32)25(35)33-21-5-3-4-19(11-21)26(29,30)31/h1-12,15H,14H2,(H,33,35)/b17-10-. The number of anilines is 1. The monoisotopic (exact) mass is 513 g/mol. The van der Waals surface area contributed by atoms with Crippen molar-refractivity contribution in [3.63, 3.8) is 0 Å². The van der Waals surface area contributed by atoms with Gasteiger partial charge in [-0.2, -0.15) is 18.4 Å². The topological polar surface area (TPSA) is 57.8 Å². The van der Waals surface area contributed by atoms with Crippen molar-refractivity contribution in [2.75, 3.05) is 5.32 Å². The van der Waals surface area contributed by atoms with E-state index in [1.54, 1.807) is 18.3 Å². The molecule has 0 unspecified atom stereocenters. The van der Waals surface area contributed by atoms with E-state index in [-0.39, 0.29) is 11.3 Å². The maximum absolute atomic E-state index is 13.0. The highest BCUT2D eigenvalue weighted by molar-refractivity contribution is 6.35. The number of para-hydroxylation sites is 1. The zero-order chi connectivity index (χ0) is 25.2. The van der Waals surface area contributed by atoms with Crippen LogP contribution in [0.1, 0.15) is 16.7 Å². The smallest absolute Gasteiger partial charge is 0.342 e. The number of halogens is 5. The number of hydrogen-bond acceptors (Lipinski definition) is 2. The van der Waals surface area contributed by atoms with Gasteiger partial charge < -0.3 is 9.88 Å². The van der Waals surface area contributed by atoms with E-state index in [4.69, 9.17) is 23.2 Å². The fourth-order valence-electron chi connectivity index (χ4n) is 3.63. The first-order chi connectivity index (χ1) is 16.7. The number of nitrogens with one attached hydrogen (secondary N) is 1. The summed E-state index contributed by atoms with van der Waals surface area (Å²) in [5.41, 5.74) is 1.05. The van der Waals surface area contributed by atoms with Gasteiger partial charge in [-0.3, -0.25) is 4.79 Å². The average Bonchev–Trinajstić information content (AvgIpc) is 3.16. The number of nitriles is 1. The lowest BCUT2D eigenvalue weighted by atomic mass is 10.1. The van der Waals surface area contributed by atoms with Gasteiger partial charge in [0.15, 0.2) is 0 Å². The van der Waals surface area contributed by atoms with Crippen molar-refractivity contribution in [2.45, 2.75) is 12.7 Å². The maximum Gasteiger partial charge on any atom is 0.416 e. The first-order valence-corrected chi connectivity index (χ1v) is 11.0. The molecule has 0 saturated heterocycles. The average molecular weight is 514 g/mol. The lowest BCUT2D eigenvalue weighted by Crippen LogP contribution is -2.14. The number of fused-ring (bicyclic) bond motifs is 1. The van der Waals surface area contributed by atoms with E-state index in [2.05, 4.69) is 5.32 Å². The molecule has 0 aliphatic heterocycles. The van der Waals surface area contributed by atoms with Crippen LogP contribution in [0.2, 0.25) is 10.0 Å². The Hall–Kier alpha value is -3.73. The quantitative estimate of drug-likeness (QED) is 0.221. The summed E-state index contributed by atoms with van der Waals surface area (Å²) < 4.78 is 40.9. The van der Waals surface area contributed by atoms with E-state index in [9.17, 15) is 23.2 Å². The fourth-order valence-corrected chi connectivity index (χ4v) is 4.10. The van der Waals surface area contributed by atoms with Gasteiger partial charge in [0.25, 0.3) is 5.91 Å². The molecule has 0 saturated carbocycles. The van der Waals surface area contributed by atoms with Gasteiger partial charge in [0.05, 0.1) is 5.56 Å². The van der Waals surface area contributed by atoms with Crippen LogP contribution < -0.4 is 5.32 Å². The molecule has 9 heteroatoms. The number of rotatable bonds is 5. The molecule has 4 rings (SSSR count). The Bertz CT molecular complexity index is 1500. The van der Waals surface area contributed by atoms with Gasteiger partial charge in [-0.1, -0.05) is 53.5 Å². The second-order valence-electron chi connectivity index (χ2n) is 7.67. The molecule has 0 aliphatic carbocycles. The molecule has 1 heterocycles. The van der Waals surface area contributed by atoms with Gasteiger partial charge in [0, 0.05) is 44.9 Å². The van der Waals surface area contributed by atoms with Gasteiger partial charge in [0.2, 0.25) is 0 Å². The van der Waals surface area contributed by atoms with Crippen LogP contribution in [0, 0.1) is 11.3 Å². The Morgan fingerprint density at radius 2 is 1.83 bits per heavy atom. The van der Waals surface area contributed by atoms with E-state index in [1.165, 1.54) is 18.2 Å². The number of amides is 1. The Morgan fingerprint density at radius 1 is 1.06 bits per heavy atom. The maximum atomic E-state index is 13.0. The van der Waals surface area contributed by atoms with Gasteiger partial charge in [-0.05, 0) is 48.0 Å². The first-order valence-electron chi connectivity index (χ1n) is 10.3. The molecule has 0 aliphatic rings. The molecular weight excluding hydrogens is 498 g/mol. The molecule has 3 aromatic carbocycles. The Labute approximate surface area is 208 Å². The zero-order valence-electron chi connectivity index (χ0n) is 17.9. The van der Waals surface area contributed by atoms with Crippen molar-refractivity contribution in [1.29, 1.82) is 5.26 Å². The number of carbonyl (C=O) groups excluding carboxylic acids is 1. The minimum absolute atomic E-state index is 0.0641. The molecule has 1 amide bonds. The molecule has 1 aromatic heterocycles. The Balaban J connectivity index is 1.67. The largest absolute Gasteiger partial charge is 0.416 e. The molecule has 4 aromatic rings. The van der Waals surface area contributed by atoms with Crippen LogP contribution in [-0.2, 0) is 17.5 Å². The van der Waals surface area contributed by atoms with Crippen LogP contribution in [0.3, 0.4) is 0 Å². The first kappa shape index (κ1) is 24.4. The molecule has 0 atom stereocenters. The summed E-state index contributed by atoms with van der Waals surface area (Å²) in [5.74, 6) is -0.815. The van der Waals surface area contributed by atoms with Crippen molar-refractivity contribution < 1.29 is 18.0 Å². The molecular formula is C26H16Cl2F3N3O. The third-order valence-corrected chi connectivity index (χ3v) is 5.87. The molecule has 0 fully saturated rings. The van der Waals surface area contributed by atoms with E-state index >= 15 is 0 Å². The second kappa shape index (κ2) is 9.87. The SMILES string of the molecule is N#C/C(=C/c1cn(Cc2ccc(Cl)cc2Cl)c2ccccc12)C(=O)Nc1cccc(C(F)(F)F)c1. The summed E-state index contributed by atoms with van der Waals surface area (Å²) in [5, 5.41) is 13.8. The summed E-state index contributed by atoms with van der Waals surface area (Å²) >= 11 is 12.3. The lowest BCUT2D eigenvalue weighted by molar-refractivity contribution is -0.137. The van der Waals surface area contributed by atoms with Crippen molar-refractivity contribution in [3.8, 4) is 6.07 Å². The number of nitrogens with zero attached hydrogens (tertiary/aromatic N) is 2. The minimum atomic E-state index is -4.55. The third-order valence-electron chi connectivity index (χ3n) is 5.29. The van der Waals surface area contributed by atoms with Gasteiger partial charge >= 0.3 is 6.18 Å². The van der Waals surface area contributed by atoms with E-state index in [1.807, 2.05) is 41.0 Å². The van der Waals surface area contributed by atoms with E-state index in [0.717, 1.165) is 28.6 Å². The number of aromatic nitrogens is 1. The van der Waals surface area contributed by atoms with Crippen molar-refractivity contribution in [2.24, 2.45) is 0 Å². The Morgan fingerprint density at radius 3 is 2.54 bits per heavy atom. The van der Waals surface area contributed by atoms with Crippen LogP contribution in [0.15, 0.2) is 78.5 Å². The lowest BCUT2D eigenvalue weighted by Gasteiger charge is -2.09. The molecule has 4 nitrogen and oxygen atoms in total. The van der Waals surface area contributed by atoms with Crippen LogP contribution in [0.4, 0.5) is 18.9 Å². The van der Waals surface area contributed by atoms with Gasteiger partial charge in [0.1, 0.15) is 11.6 Å². The van der Waals surface area contributed by atoms with Crippen LogP contribution >= 0.6 is 23.2 Å². The summed E-state index contributed by atoms with van der Waals surface area (Å²) in [7, 11) is 0. The highest BCUT2D eigenvalue weighted by Gasteiger charge is 2.30. The highest BCUT2D eigenvalue weighted by atomic mass is 35.5. The fraction of sp³-hybridized carbons (Fsp3) is 0.0769. The highest BCUT2D eigenvalue weighted by Crippen LogP contribution is 2.31. The molecule has 1 N–H and O–H groups in total. The Kier molecular flexibility index (Phi) is 6.88. The molecule has 0 radical (unpaired) electrons. The normalized spacial score (nSPS) is 11.9. The van der Waals surface area contributed by atoms with Crippen molar-refractivity contribution in [1.82, 2.24) is 4.57 Å². The molecule has 0 bridgehead atoms. The van der Waals surface area contributed by atoms with E-state index < -0.39 is 17.6 Å². The predicted molar refractivity (Wildman–Crippen MR) is 131 cm³/mol. The summed E-state index contributed by atoms with van der Waals surface area (Å²) in [6, 6.07) is 18.7. The predicted octanol–water partition coefficient (Wildman–Crippen LogP) is 7.56. The van der Waals surface area contributed by atoms with Crippen molar-refractivity contribution in [3.05, 3.63) is 105 Å². The minimum Gasteiger partial charge on any atom is -0.342 e. The number of alkyl halides is 3. The van der Waals surface area contributed by atoms with Crippen LogP contribution in [0.5, 0.6) is 0 Å². The number of carbonyl (C=O) groups is 1. The second-order valence-corrected chi connectivity index (χ2v) is 8.51. The van der Waals surface area contributed by atoms with E-state index in [0.29, 0.717) is 22.2 Å².